The van der Waals surface area contributed by atoms with Gasteiger partial charge in [-0.1, -0.05) is 18.2 Å². The van der Waals surface area contributed by atoms with Crippen LogP contribution in [0.3, 0.4) is 0 Å². The van der Waals surface area contributed by atoms with Crippen molar-refractivity contribution in [1.29, 1.82) is 0 Å². The third-order valence-corrected chi connectivity index (χ3v) is 4.55. The minimum atomic E-state index is -0.213. The quantitative estimate of drug-likeness (QED) is 0.663. The molecule has 1 heterocycles. The molecule has 0 amide bonds. The lowest BCUT2D eigenvalue weighted by atomic mass is 10.0. The van der Waals surface area contributed by atoms with Gasteiger partial charge in [0.15, 0.2) is 0 Å². The van der Waals surface area contributed by atoms with Crippen LogP contribution in [-0.2, 0) is 6.42 Å². The summed E-state index contributed by atoms with van der Waals surface area (Å²) in [6.45, 7) is 1.76. The number of rotatable bonds is 4. The van der Waals surface area contributed by atoms with Crippen molar-refractivity contribution in [2.75, 3.05) is 0 Å². The van der Waals surface area contributed by atoms with Gasteiger partial charge < -0.3 is 0 Å². The third kappa shape index (κ3) is 2.98. The lowest BCUT2D eigenvalue weighted by molar-refractivity contribution is 0.510. The molecule has 3 N–H and O–H groups in total. The largest absolute Gasteiger partial charge is 0.271 e. The molecule has 0 bridgehead atoms. The topological polar surface area (TPSA) is 38.0 Å². The summed E-state index contributed by atoms with van der Waals surface area (Å²) < 4.78 is 15.1. The van der Waals surface area contributed by atoms with Crippen LogP contribution in [0.1, 0.15) is 22.0 Å². The summed E-state index contributed by atoms with van der Waals surface area (Å²) in [5, 5.41) is 2.01. The molecule has 5 heteroatoms. The Bertz CT molecular complexity index is 542. The molecule has 2 rings (SSSR count). The van der Waals surface area contributed by atoms with E-state index in [-0.39, 0.29) is 11.9 Å². The van der Waals surface area contributed by atoms with Crippen molar-refractivity contribution in [2.45, 2.75) is 19.4 Å². The number of halogens is 2. The van der Waals surface area contributed by atoms with E-state index >= 15 is 0 Å². The lowest BCUT2D eigenvalue weighted by Gasteiger charge is -2.17. The predicted molar refractivity (Wildman–Crippen MR) is 76.9 cm³/mol. The summed E-state index contributed by atoms with van der Waals surface area (Å²) in [4.78, 5) is 1.16. The maximum absolute atomic E-state index is 14.0. The van der Waals surface area contributed by atoms with Crippen molar-refractivity contribution < 1.29 is 4.39 Å². The highest BCUT2D eigenvalue weighted by atomic mass is 79.9. The van der Waals surface area contributed by atoms with Crippen molar-refractivity contribution in [3.63, 3.8) is 0 Å². The first-order valence-electron chi connectivity index (χ1n) is 5.56. The van der Waals surface area contributed by atoms with Gasteiger partial charge in [0.1, 0.15) is 5.82 Å². The summed E-state index contributed by atoms with van der Waals surface area (Å²) in [6, 6.07) is 7.20. The zero-order valence-electron chi connectivity index (χ0n) is 9.91. The van der Waals surface area contributed by atoms with Gasteiger partial charge in [0.25, 0.3) is 0 Å². The number of hydrogen-bond acceptors (Lipinski definition) is 3. The summed E-state index contributed by atoms with van der Waals surface area (Å²) >= 11 is 5.04. The van der Waals surface area contributed by atoms with Crippen LogP contribution in [0.5, 0.6) is 0 Å². The molecule has 18 heavy (non-hydrogen) atoms. The van der Waals surface area contributed by atoms with E-state index in [0.717, 1.165) is 9.35 Å². The fourth-order valence-electron chi connectivity index (χ4n) is 1.86. The van der Waals surface area contributed by atoms with Crippen LogP contribution >= 0.6 is 27.3 Å². The van der Waals surface area contributed by atoms with Gasteiger partial charge in [-0.05, 0) is 34.5 Å². The standard InChI is InChI=1S/C13H14BrFN2S/c1-8-3-2-4-11(13(8)15)12(17-16)6-10-5-9(14)7-18-10/h2-5,7,12,17H,6,16H2,1H3. The molecular weight excluding hydrogens is 315 g/mol. The fraction of sp³-hybridized carbons (Fsp3) is 0.231. The molecule has 2 nitrogen and oxygen atoms in total. The summed E-state index contributed by atoms with van der Waals surface area (Å²) in [5.74, 6) is 5.37. The normalized spacial score (nSPS) is 12.7. The van der Waals surface area contributed by atoms with Crippen LogP contribution < -0.4 is 11.3 Å². The van der Waals surface area contributed by atoms with Gasteiger partial charge in [-0.3, -0.25) is 11.3 Å². The average Bonchev–Trinajstić information content (AvgIpc) is 2.76. The third-order valence-electron chi connectivity index (χ3n) is 2.83. The molecule has 0 radical (unpaired) electrons. The predicted octanol–water partition coefficient (Wildman–Crippen LogP) is 3.71. The molecule has 0 saturated carbocycles. The van der Waals surface area contributed by atoms with Crippen LogP contribution in [-0.4, -0.2) is 0 Å². The SMILES string of the molecule is Cc1cccc(C(Cc2cc(Br)cs2)NN)c1F. The molecule has 0 spiro atoms. The first-order valence-corrected chi connectivity index (χ1v) is 7.23. The lowest BCUT2D eigenvalue weighted by Crippen LogP contribution is -2.30. The van der Waals surface area contributed by atoms with Gasteiger partial charge in [0.2, 0.25) is 0 Å². The molecule has 1 aromatic carbocycles. The zero-order chi connectivity index (χ0) is 13.1. The second-order valence-electron chi connectivity index (χ2n) is 4.13. The van der Waals surface area contributed by atoms with E-state index in [1.807, 2.05) is 17.5 Å². The van der Waals surface area contributed by atoms with Crippen molar-refractivity contribution in [2.24, 2.45) is 5.84 Å². The van der Waals surface area contributed by atoms with E-state index in [9.17, 15) is 4.39 Å². The molecule has 0 aliphatic heterocycles. The number of nitrogens with one attached hydrogen (secondary N) is 1. The number of nitrogens with two attached hydrogens (primary N) is 1. The van der Waals surface area contributed by atoms with E-state index in [2.05, 4.69) is 21.4 Å². The van der Waals surface area contributed by atoms with E-state index in [4.69, 9.17) is 5.84 Å². The summed E-state index contributed by atoms with van der Waals surface area (Å²) in [7, 11) is 0. The Hall–Kier alpha value is -0.750. The van der Waals surface area contributed by atoms with Crippen molar-refractivity contribution >= 4 is 27.3 Å². The van der Waals surface area contributed by atoms with Gasteiger partial charge in [-0.15, -0.1) is 11.3 Å². The van der Waals surface area contributed by atoms with Crippen molar-refractivity contribution in [1.82, 2.24) is 5.43 Å². The molecule has 1 aromatic heterocycles. The maximum Gasteiger partial charge on any atom is 0.130 e. The Morgan fingerprint density at radius 2 is 2.28 bits per heavy atom. The summed E-state index contributed by atoms with van der Waals surface area (Å²) in [6.07, 6.45) is 0.674. The maximum atomic E-state index is 14.0. The van der Waals surface area contributed by atoms with Gasteiger partial charge in [-0.2, -0.15) is 0 Å². The molecule has 1 unspecified atom stereocenters. The molecule has 0 aliphatic rings. The Morgan fingerprint density at radius 1 is 1.50 bits per heavy atom. The molecule has 0 saturated heterocycles. The van der Waals surface area contributed by atoms with Crippen LogP contribution in [0.4, 0.5) is 4.39 Å². The number of benzene rings is 1. The van der Waals surface area contributed by atoms with Crippen LogP contribution in [0.2, 0.25) is 0 Å². The number of hydrazine groups is 1. The van der Waals surface area contributed by atoms with E-state index in [1.54, 1.807) is 30.4 Å². The van der Waals surface area contributed by atoms with Gasteiger partial charge >= 0.3 is 0 Å². The van der Waals surface area contributed by atoms with E-state index in [0.29, 0.717) is 17.5 Å². The average molecular weight is 329 g/mol. The first-order chi connectivity index (χ1) is 8.61. The Labute approximate surface area is 118 Å². The van der Waals surface area contributed by atoms with Gasteiger partial charge in [0, 0.05) is 26.7 Å². The van der Waals surface area contributed by atoms with E-state index < -0.39 is 0 Å². The Morgan fingerprint density at radius 3 is 2.89 bits per heavy atom. The Balaban J connectivity index is 2.25. The van der Waals surface area contributed by atoms with Crippen molar-refractivity contribution in [3.05, 3.63) is 55.9 Å². The first kappa shape index (κ1) is 13.7. The van der Waals surface area contributed by atoms with Crippen LogP contribution in [0, 0.1) is 12.7 Å². The number of aryl methyl sites for hydroxylation is 1. The number of hydrogen-bond donors (Lipinski definition) is 2. The fourth-order valence-corrected chi connectivity index (χ4v) is 3.36. The van der Waals surface area contributed by atoms with Crippen LogP contribution in [0.25, 0.3) is 0 Å². The highest BCUT2D eigenvalue weighted by Gasteiger charge is 2.16. The second-order valence-corrected chi connectivity index (χ2v) is 6.04. The van der Waals surface area contributed by atoms with E-state index in [1.165, 1.54) is 0 Å². The monoisotopic (exact) mass is 328 g/mol. The minimum Gasteiger partial charge on any atom is -0.271 e. The smallest absolute Gasteiger partial charge is 0.130 e. The minimum absolute atomic E-state index is 0.184. The molecular formula is C13H14BrFN2S. The summed E-state index contributed by atoms with van der Waals surface area (Å²) in [5.41, 5.74) is 3.95. The molecule has 0 fully saturated rings. The molecule has 1 atom stereocenters. The Kier molecular flexibility index (Phi) is 4.50. The highest BCUT2D eigenvalue weighted by Crippen LogP contribution is 2.27. The van der Waals surface area contributed by atoms with Gasteiger partial charge in [0.05, 0.1) is 6.04 Å². The van der Waals surface area contributed by atoms with Crippen LogP contribution in [0.15, 0.2) is 34.1 Å². The van der Waals surface area contributed by atoms with Gasteiger partial charge in [-0.25, -0.2) is 4.39 Å². The van der Waals surface area contributed by atoms with Crippen molar-refractivity contribution in [3.8, 4) is 0 Å². The molecule has 0 aliphatic carbocycles. The molecule has 2 aromatic rings. The number of thiophene rings is 1. The zero-order valence-corrected chi connectivity index (χ0v) is 12.3. The second kappa shape index (κ2) is 5.93. The highest BCUT2D eigenvalue weighted by molar-refractivity contribution is 9.10. The molecule has 96 valence electrons.